The zero-order chi connectivity index (χ0) is 10.2. The molecular formula is C13H16O. The number of unbranched alkanes of at least 4 members (excludes halogenated alkanes) is 2. The van der Waals surface area contributed by atoms with Gasteiger partial charge in [-0.15, -0.1) is 0 Å². The van der Waals surface area contributed by atoms with Gasteiger partial charge in [0.1, 0.15) is 0 Å². The van der Waals surface area contributed by atoms with Crippen LogP contribution in [0.2, 0.25) is 0 Å². The number of benzene rings is 1. The number of aliphatic hydroxyl groups excluding tert-OH is 1. The first-order chi connectivity index (χ1) is 6.88. The Morgan fingerprint density at radius 1 is 1.29 bits per heavy atom. The summed E-state index contributed by atoms with van der Waals surface area (Å²) >= 11 is 0. The number of hydrogen-bond acceptors (Lipinski definition) is 1. The van der Waals surface area contributed by atoms with Gasteiger partial charge in [0.15, 0.2) is 0 Å². The fourth-order valence-electron chi connectivity index (χ4n) is 1.20. The summed E-state index contributed by atoms with van der Waals surface area (Å²) in [6, 6.07) is 7.72. The van der Waals surface area contributed by atoms with E-state index in [-0.39, 0.29) is 6.61 Å². The van der Waals surface area contributed by atoms with Crippen LogP contribution in [0.15, 0.2) is 24.3 Å². The molecule has 0 aromatic heterocycles. The van der Waals surface area contributed by atoms with Crippen LogP contribution in [0, 0.1) is 11.8 Å². The summed E-state index contributed by atoms with van der Waals surface area (Å²) in [6.45, 7) is 2.22. The molecule has 1 aromatic carbocycles. The zero-order valence-electron chi connectivity index (χ0n) is 8.59. The van der Waals surface area contributed by atoms with E-state index in [1.807, 2.05) is 24.3 Å². The fourth-order valence-corrected chi connectivity index (χ4v) is 1.20. The van der Waals surface area contributed by atoms with Crippen LogP contribution in [-0.4, -0.2) is 5.11 Å². The van der Waals surface area contributed by atoms with Crippen LogP contribution in [0.5, 0.6) is 0 Å². The van der Waals surface area contributed by atoms with Crippen LogP contribution >= 0.6 is 0 Å². The molecule has 0 fully saturated rings. The van der Waals surface area contributed by atoms with Gasteiger partial charge >= 0.3 is 0 Å². The Morgan fingerprint density at radius 3 is 2.79 bits per heavy atom. The molecule has 1 aromatic rings. The molecule has 0 saturated heterocycles. The number of aliphatic hydroxyl groups is 1. The maximum Gasteiger partial charge on any atom is 0.0694 e. The molecule has 0 heterocycles. The third-order valence-corrected chi connectivity index (χ3v) is 2.07. The van der Waals surface area contributed by atoms with Crippen molar-refractivity contribution in [3.05, 3.63) is 35.4 Å². The van der Waals surface area contributed by atoms with Crippen LogP contribution in [0.4, 0.5) is 0 Å². The predicted molar refractivity (Wildman–Crippen MR) is 58.8 cm³/mol. The number of hydrogen-bond donors (Lipinski definition) is 1. The van der Waals surface area contributed by atoms with Crippen molar-refractivity contribution in [2.24, 2.45) is 0 Å². The quantitative estimate of drug-likeness (QED) is 0.571. The van der Waals surface area contributed by atoms with Crippen molar-refractivity contribution in [3.63, 3.8) is 0 Å². The largest absolute Gasteiger partial charge is 0.392 e. The Bertz CT molecular complexity index is 331. The average Bonchev–Trinajstić information content (AvgIpc) is 2.25. The highest BCUT2D eigenvalue weighted by Crippen LogP contribution is 2.06. The Labute approximate surface area is 85.8 Å². The maximum absolute atomic E-state index is 9.05. The molecule has 0 aliphatic carbocycles. The maximum atomic E-state index is 9.05. The molecule has 0 unspecified atom stereocenters. The van der Waals surface area contributed by atoms with Crippen LogP contribution in [0.1, 0.15) is 37.3 Å². The summed E-state index contributed by atoms with van der Waals surface area (Å²) in [7, 11) is 0. The van der Waals surface area contributed by atoms with E-state index < -0.39 is 0 Å². The molecule has 14 heavy (non-hydrogen) atoms. The summed E-state index contributed by atoms with van der Waals surface area (Å²) in [5.41, 5.74) is 1.86. The fraction of sp³-hybridized carbons (Fsp3) is 0.385. The van der Waals surface area contributed by atoms with Crippen LogP contribution < -0.4 is 0 Å². The Morgan fingerprint density at radius 2 is 2.07 bits per heavy atom. The van der Waals surface area contributed by atoms with Gasteiger partial charge < -0.3 is 5.11 Å². The summed E-state index contributed by atoms with van der Waals surface area (Å²) in [6.07, 6.45) is 3.26. The van der Waals surface area contributed by atoms with Crippen molar-refractivity contribution in [1.82, 2.24) is 0 Å². The first-order valence-electron chi connectivity index (χ1n) is 5.06. The first-order valence-corrected chi connectivity index (χ1v) is 5.06. The lowest BCUT2D eigenvalue weighted by Crippen LogP contribution is -1.87. The van der Waals surface area contributed by atoms with Gasteiger partial charge in [-0.05, 0) is 18.1 Å². The van der Waals surface area contributed by atoms with E-state index in [1.54, 1.807) is 0 Å². The molecule has 1 N–H and O–H groups in total. The highest BCUT2D eigenvalue weighted by atomic mass is 16.3. The van der Waals surface area contributed by atoms with Crippen molar-refractivity contribution in [2.75, 3.05) is 0 Å². The van der Waals surface area contributed by atoms with Gasteiger partial charge in [-0.25, -0.2) is 0 Å². The molecule has 1 heteroatoms. The lowest BCUT2D eigenvalue weighted by Gasteiger charge is -1.98. The molecule has 0 radical (unpaired) electrons. The zero-order valence-corrected chi connectivity index (χ0v) is 8.59. The van der Waals surface area contributed by atoms with E-state index >= 15 is 0 Å². The second-order valence-corrected chi connectivity index (χ2v) is 3.22. The Kier molecular flexibility index (Phi) is 4.82. The van der Waals surface area contributed by atoms with E-state index in [0.717, 1.165) is 24.0 Å². The molecule has 1 nitrogen and oxygen atoms in total. The predicted octanol–water partition coefficient (Wildman–Crippen LogP) is 2.72. The van der Waals surface area contributed by atoms with Crippen molar-refractivity contribution < 1.29 is 5.11 Å². The SMILES string of the molecule is CCCCC#Cc1ccccc1CO. The normalized spacial score (nSPS) is 9.29. The second-order valence-electron chi connectivity index (χ2n) is 3.22. The summed E-state index contributed by atoms with van der Waals surface area (Å²) in [5.74, 6) is 6.21. The first kappa shape index (κ1) is 10.8. The van der Waals surface area contributed by atoms with E-state index in [1.165, 1.54) is 6.42 Å². The van der Waals surface area contributed by atoms with E-state index in [4.69, 9.17) is 5.11 Å². The van der Waals surface area contributed by atoms with E-state index in [9.17, 15) is 0 Å². The number of rotatable bonds is 3. The van der Waals surface area contributed by atoms with Crippen LogP contribution in [0.3, 0.4) is 0 Å². The minimum atomic E-state index is 0.0681. The third kappa shape index (κ3) is 3.24. The van der Waals surface area contributed by atoms with Crippen molar-refractivity contribution in [1.29, 1.82) is 0 Å². The van der Waals surface area contributed by atoms with Gasteiger partial charge in [0.2, 0.25) is 0 Å². The van der Waals surface area contributed by atoms with Gasteiger partial charge in [0, 0.05) is 12.0 Å². The molecule has 0 aliphatic heterocycles. The average molecular weight is 188 g/mol. The monoisotopic (exact) mass is 188 g/mol. The van der Waals surface area contributed by atoms with Gasteiger partial charge in [-0.2, -0.15) is 0 Å². The van der Waals surface area contributed by atoms with Crippen molar-refractivity contribution in [2.45, 2.75) is 32.8 Å². The molecule has 0 bridgehead atoms. The van der Waals surface area contributed by atoms with E-state index in [0.29, 0.717) is 0 Å². The van der Waals surface area contributed by atoms with Crippen molar-refractivity contribution >= 4 is 0 Å². The smallest absolute Gasteiger partial charge is 0.0694 e. The van der Waals surface area contributed by atoms with Gasteiger partial charge in [0.05, 0.1) is 6.61 Å². The topological polar surface area (TPSA) is 20.2 Å². The summed E-state index contributed by atoms with van der Waals surface area (Å²) in [4.78, 5) is 0. The van der Waals surface area contributed by atoms with Crippen LogP contribution in [0.25, 0.3) is 0 Å². The minimum Gasteiger partial charge on any atom is -0.392 e. The van der Waals surface area contributed by atoms with Crippen molar-refractivity contribution in [3.8, 4) is 11.8 Å². The second kappa shape index (κ2) is 6.23. The lowest BCUT2D eigenvalue weighted by molar-refractivity contribution is 0.281. The highest BCUT2D eigenvalue weighted by molar-refractivity contribution is 5.40. The Balaban J connectivity index is 2.68. The molecule has 0 spiro atoms. The standard InChI is InChI=1S/C13H16O/c1-2-3-4-5-8-12-9-6-7-10-13(12)11-14/h6-7,9-10,14H,2-4,11H2,1H3. The van der Waals surface area contributed by atoms with Gasteiger partial charge in [-0.1, -0.05) is 43.4 Å². The van der Waals surface area contributed by atoms with Gasteiger partial charge in [-0.3, -0.25) is 0 Å². The third-order valence-electron chi connectivity index (χ3n) is 2.07. The molecule has 0 atom stereocenters. The molecule has 0 amide bonds. The lowest BCUT2D eigenvalue weighted by atomic mass is 10.1. The molecule has 74 valence electrons. The van der Waals surface area contributed by atoms with E-state index in [2.05, 4.69) is 18.8 Å². The molecule has 0 aliphatic rings. The minimum absolute atomic E-state index is 0.0681. The summed E-state index contributed by atoms with van der Waals surface area (Å²) in [5, 5.41) is 9.05. The van der Waals surface area contributed by atoms with Crippen LogP contribution in [-0.2, 0) is 6.61 Å². The molecule has 1 rings (SSSR count). The summed E-state index contributed by atoms with van der Waals surface area (Å²) < 4.78 is 0. The highest BCUT2D eigenvalue weighted by Gasteiger charge is 1.94. The Hall–Kier alpha value is -1.26. The molecular weight excluding hydrogens is 172 g/mol. The van der Waals surface area contributed by atoms with Gasteiger partial charge in [0.25, 0.3) is 0 Å². The molecule has 0 saturated carbocycles.